The summed E-state index contributed by atoms with van der Waals surface area (Å²) in [7, 11) is 0. The molecule has 1 saturated carbocycles. The molecule has 1 aromatic carbocycles. The van der Waals surface area contributed by atoms with Gasteiger partial charge in [-0.25, -0.2) is 4.79 Å². The number of furan rings is 1. The average Bonchev–Trinajstić information content (AvgIpc) is 3.42. The Hall–Kier alpha value is -2.87. The fourth-order valence-corrected chi connectivity index (χ4v) is 4.48. The summed E-state index contributed by atoms with van der Waals surface area (Å²) in [6.45, 7) is 0.703. The van der Waals surface area contributed by atoms with E-state index in [9.17, 15) is 9.90 Å². The molecule has 0 aliphatic heterocycles. The van der Waals surface area contributed by atoms with E-state index in [1.165, 1.54) is 30.6 Å². The minimum absolute atomic E-state index is 0.194. The number of nitrogens with zero attached hydrogens (tertiary/aromatic N) is 3. The SMILES string of the molecule is O=C(Nc1nnc(C2CCCCC2)s1)N(Cc1ccc(O)cc1)Cc1ccco1. The lowest BCUT2D eigenvalue weighted by atomic mass is 9.90. The highest BCUT2D eigenvalue weighted by molar-refractivity contribution is 7.15. The third-order valence-corrected chi connectivity index (χ3v) is 6.13. The highest BCUT2D eigenvalue weighted by Gasteiger charge is 2.22. The maximum Gasteiger partial charge on any atom is 0.324 e. The number of nitrogens with one attached hydrogen (secondary N) is 1. The molecule has 1 aliphatic rings. The van der Waals surface area contributed by atoms with E-state index in [-0.39, 0.29) is 11.8 Å². The van der Waals surface area contributed by atoms with Crippen molar-refractivity contribution >= 4 is 22.5 Å². The average molecular weight is 413 g/mol. The van der Waals surface area contributed by atoms with Gasteiger partial charge in [-0.05, 0) is 42.7 Å². The Labute approximate surface area is 173 Å². The summed E-state index contributed by atoms with van der Waals surface area (Å²) in [4.78, 5) is 14.6. The molecule has 0 radical (unpaired) electrons. The van der Waals surface area contributed by atoms with Crippen LogP contribution in [0.25, 0.3) is 0 Å². The first-order valence-electron chi connectivity index (χ1n) is 9.87. The summed E-state index contributed by atoms with van der Waals surface area (Å²) in [6.07, 6.45) is 7.64. The summed E-state index contributed by atoms with van der Waals surface area (Å²) >= 11 is 1.46. The lowest BCUT2D eigenvalue weighted by Crippen LogP contribution is -2.33. The van der Waals surface area contributed by atoms with Gasteiger partial charge in [0.15, 0.2) is 0 Å². The second kappa shape index (κ2) is 9.09. The van der Waals surface area contributed by atoms with Crippen LogP contribution < -0.4 is 5.32 Å². The van der Waals surface area contributed by atoms with Crippen molar-refractivity contribution in [2.75, 3.05) is 5.32 Å². The standard InChI is InChI=1S/C21H24N4O3S/c26-17-10-8-15(9-11-17)13-25(14-18-7-4-12-28-18)21(27)22-20-24-23-19(29-20)16-5-2-1-3-6-16/h4,7-12,16,26H,1-3,5-6,13-14H2,(H,22,24,27). The summed E-state index contributed by atoms with van der Waals surface area (Å²) < 4.78 is 5.42. The van der Waals surface area contributed by atoms with E-state index in [2.05, 4.69) is 15.5 Å². The van der Waals surface area contributed by atoms with E-state index in [4.69, 9.17) is 4.42 Å². The molecule has 152 valence electrons. The van der Waals surface area contributed by atoms with Crippen LogP contribution in [0, 0.1) is 0 Å². The van der Waals surface area contributed by atoms with E-state index >= 15 is 0 Å². The molecule has 0 bridgehead atoms. The lowest BCUT2D eigenvalue weighted by molar-refractivity contribution is 0.201. The van der Waals surface area contributed by atoms with Crippen molar-refractivity contribution in [1.82, 2.24) is 15.1 Å². The summed E-state index contributed by atoms with van der Waals surface area (Å²) in [6, 6.07) is 10.2. The number of amides is 2. The Bertz CT molecular complexity index is 918. The second-order valence-electron chi connectivity index (χ2n) is 7.31. The number of carbonyl (C=O) groups excluding carboxylic acids is 1. The van der Waals surface area contributed by atoms with Gasteiger partial charge in [-0.3, -0.25) is 5.32 Å². The number of aromatic nitrogens is 2. The van der Waals surface area contributed by atoms with Crippen molar-refractivity contribution in [1.29, 1.82) is 0 Å². The van der Waals surface area contributed by atoms with Crippen molar-refractivity contribution in [3.8, 4) is 5.75 Å². The number of hydrogen-bond donors (Lipinski definition) is 2. The Morgan fingerprint density at radius 2 is 1.93 bits per heavy atom. The molecule has 4 rings (SSSR count). The van der Waals surface area contributed by atoms with Gasteiger partial charge in [0, 0.05) is 12.5 Å². The molecule has 0 unspecified atom stereocenters. The monoisotopic (exact) mass is 412 g/mol. The number of phenols is 1. The van der Waals surface area contributed by atoms with Crippen molar-refractivity contribution in [3.63, 3.8) is 0 Å². The van der Waals surface area contributed by atoms with Crippen molar-refractivity contribution < 1.29 is 14.3 Å². The zero-order valence-corrected chi connectivity index (χ0v) is 16.9. The number of anilines is 1. The van der Waals surface area contributed by atoms with E-state index < -0.39 is 0 Å². The first kappa shape index (κ1) is 19.4. The van der Waals surface area contributed by atoms with Gasteiger partial charge in [-0.2, -0.15) is 0 Å². The van der Waals surface area contributed by atoms with Gasteiger partial charge in [-0.15, -0.1) is 10.2 Å². The molecule has 1 aliphatic carbocycles. The predicted molar refractivity (Wildman–Crippen MR) is 111 cm³/mol. The van der Waals surface area contributed by atoms with Gasteiger partial charge in [0.1, 0.15) is 16.5 Å². The van der Waals surface area contributed by atoms with Crippen LogP contribution in [0.15, 0.2) is 47.1 Å². The smallest absolute Gasteiger partial charge is 0.324 e. The number of carbonyl (C=O) groups is 1. The van der Waals surface area contributed by atoms with Crippen LogP contribution in [0.5, 0.6) is 5.75 Å². The van der Waals surface area contributed by atoms with Crippen LogP contribution in [0.2, 0.25) is 0 Å². The Morgan fingerprint density at radius 3 is 2.66 bits per heavy atom. The van der Waals surface area contributed by atoms with Crippen molar-refractivity contribution in [2.45, 2.75) is 51.1 Å². The van der Waals surface area contributed by atoms with Crippen LogP contribution in [-0.2, 0) is 13.1 Å². The molecule has 0 atom stereocenters. The number of rotatable bonds is 6. The molecule has 2 heterocycles. The minimum atomic E-state index is -0.263. The van der Waals surface area contributed by atoms with Gasteiger partial charge in [-0.1, -0.05) is 42.7 Å². The molecule has 3 aromatic rings. The number of hydrogen-bond acceptors (Lipinski definition) is 6. The normalized spacial score (nSPS) is 14.6. The first-order chi connectivity index (χ1) is 14.2. The predicted octanol–water partition coefficient (Wildman–Crippen LogP) is 5.12. The summed E-state index contributed by atoms with van der Waals surface area (Å²) in [5, 5.41) is 22.4. The lowest BCUT2D eigenvalue weighted by Gasteiger charge is -2.21. The highest BCUT2D eigenvalue weighted by atomic mass is 32.1. The molecule has 29 heavy (non-hydrogen) atoms. The Morgan fingerprint density at radius 1 is 1.14 bits per heavy atom. The molecule has 8 heteroatoms. The van der Waals surface area contributed by atoms with Crippen LogP contribution in [0.3, 0.4) is 0 Å². The third kappa shape index (κ3) is 5.14. The van der Waals surface area contributed by atoms with Gasteiger partial charge in [0.2, 0.25) is 5.13 Å². The third-order valence-electron chi connectivity index (χ3n) is 5.13. The fourth-order valence-electron chi connectivity index (χ4n) is 3.58. The second-order valence-corrected chi connectivity index (χ2v) is 8.32. The van der Waals surface area contributed by atoms with Crippen LogP contribution in [-0.4, -0.2) is 26.2 Å². The quantitative estimate of drug-likeness (QED) is 0.586. The van der Waals surface area contributed by atoms with E-state index in [0.717, 1.165) is 23.4 Å². The Balaban J connectivity index is 1.45. The van der Waals surface area contributed by atoms with E-state index in [1.807, 2.05) is 6.07 Å². The highest BCUT2D eigenvalue weighted by Crippen LogP contribution is 2.35. The van der Waals surface area contributed by atoms with Gasteiger partial charge < -0.3 is 14.4 Å². The number of phenolic OH excluding ortho intramolecular Hbond substituents is 1. The molecular formula is C21H24N4O3S. The summed E-state index contributed by atoms with van der Waals surface area (Å²) in [5.74, 6) is 1.35. The van der Waals surface area contributed by atoms with Crippen molar-refractivity contribution in [3.05, 3.63) is 59.0 Å². The van der Waals surface area contributed by atoms with Gasteiger partial charge in [0.05, 0.1) is 12.8 Å². The molecule has 2 N–H and O–H groups in total. The van der Waals surface area contributed by atoms with Gasteiger partial charge >= 0.3 is 6.03 Å². The molecule has 0 saturated heterocycles. The van der Waals surface area contributed by atoms with Gasteiger partial charge in [0.25, 0.3) is 0 Å². The molecule has 1 fully saturated rings. The largest absolute Gasteiger partial charge is 0.508 e. The Kier molecular flexibility index (Phi) is 6.09. The maximum absolute atomic E-state index is 13.0. The minimum Gasteiger partial charge on any atom is -0.508 e. The topological polar surface area (TPSA) is 91.5 Å². The molecule has 2 amide bonds. The van der Waals surface area contributed by atoms with Crippen LogP contribution >= 0.6 is 11.3 Å². The molecule has 7 nitrogen and oxygen atoms in total. The van der Waals surface area contributed by atoms with Crippen molar-refractivity contribution in [2.24, 2.45) is 0 Å². The molecule has 0 spiro atoms. The zero-order valence-electron chi connectivity index (χ0n) is 16.1. The number of urea groups is 1. The molecular weight excluding hydrogens is 388 g/mol. The maximum atomic E-state index is 13.0. The van der Waals surface area contributed by atoms with Crippen LogP contribution in [0.1, 0.15) is 54.4 Å². The molecule has 2 aromatic heterocycles. The number of aromatic hydroxyl groups is 1. The van der Waals surface area contributed by atoms with E-state index in [1.54, 1.807) is 41.5 Å². The van der Waals surface area contributed by atoms with Crippen LogP contribution in [0.4, 0.5) is 9.93 Å². The first-order valence-corrected chi connectivity index (χ1v) is 10.7. The zero-order chi connectivity index (χ0) is 20.1. The fraction of sp³-hybridized carbons (Fsp3) is 0.381. The van der Waals surface area contributed by atoms with E-state index in [0.29, 0.717) is 29.9 Å². The number of benzene rings is 1. The summed E-state index contributed by atoms with van der Waals surface area (Å²) in [5.41, 5.74) is 0.907.